The lowest BCUT2D eigenvalue weighted by atomic mass is 10.2. The van der Waals surface area contributed by atoms with Gasteiger partial charge in [0.2, 0.25) is 0 Å². The Morgan fingerprint density at radius 1 is 1.44 bits per heavy atom. The maximum atomic E-state index is 9.03. The first-order chi connectivity index (χ1) is 7.60. The SMILES string of the molecule is CCCNC(C#N)Cn1nc(C)c(C)c1C. The molecule has 4 heteroatoms. The smallest absolute Gasteiger partial charge is 0.115 e. The van der Waals surface area contributed by atoms with Crippen LogP contribution in [0.4, 0.5) is 0 Å². The van der Waals surface area contributed by atoms with Gasteiger partial charge in [-0.1, -0.05) is 6.92 Å². The molecule has 0 saturated heterocycles. The minimum Gasteiger partial charge on any atom is -0.300 e. The fourth-order valence-corrected chi connectivity index (χ4v) is 1.61. The molecular formula is C12H20N4. The van der Waals surface area contributed by atoms with Crippen molar-refractivity contribution in [2.24, 2.45) is 0 Å². The second-order valence-electron chi connectivity index (χ2n) is 4.11. The lowest BCUT2D eigenvalue weighted by Crippen LogP contribution is -2.33. The van der Waals surface area contributed by atoms with Crippen molar-refractivity contribution in [3.63, 3.8) is 0 Å². The number of aromatic nitrogens is 2. The summed E-state index contributed by atoms with van der Waals surface area (Å²) >= 11 is 0. The van der Waals surface area contributed by atoms with E-state index in [1.54, 1.807) is 0 Å². The zero-order valence-electron chi connectivity index (χ0n) is 10.5. The van der Waals surface area contributed by atoms with Crippen LogP contribution in [-0.4, -0.2) is 22.4 Å². The van der Waals surface area contributed by atoms with Crippen molar-refractivity contribution in [2.45, 2.75) is 46.7 Å². The molecular weight excluding hydrogens is 200 g/mol. The molecule has 0 aromatic carbocycles. The molecule has 0 aliphatic heterocycles. The van der Waals surface area contributed by atoms with Crippen LogP contribution >= 0.6 is 0 Å². The van der Waals surface area contributed by atoms with Gasteiger partial charge < -0.3 is 5.32 Å². The number of hydrogen-bond donors (Lipinski definition) is 1. The van der Waals surface area contributed by atoms with Gasteiger partial charge in [-0.3, -0.25) is 4.68 Å². The molecule has 0 radical (unpaired) electrons. The van der Waals surface area contributed by atoms with Crippen LogP contribution in [0.15, 0.2) is 0 Å². The summed E-state index contributed by atoms with van der Waals surface area (Å²) in [6.45, 7) is 9.70. The number of hydrogen-bond acceptors (Lipinski definition) is 3. The lowest BCUT2D eigenvalue weighted by Gasteiger charge is -2.12. The highest BCUT2D eigenvalue weighted by atomic mass is 15.3. The minimum atomic E-state index is -0.155. The van der Waals surface area contributed by atoms with Crippen molar-refractivity contribution in [1.82, 2.24) is 15.1 Å². The maximum Gasteiger partial charge on any atom is 0.115 e. The van der Waals surface area contributed by atoms with E-state index in [2.05, 4.69) is 30.3 Å². The molecule has 1 aromatic rings. The standard InChI is InChI=1S/C12H20N4/c1-5-6-14-12(7-13)8-16-11(4)9(2)10(3)15-16/h12,14H,5-6,8H2,1-4H3. The van der Waals surface area contributed by atoms with E-state index in [-0.39, 0.29) is 6.04 Å². The van der Waals surface area contributed by atoms with Crippen molar-refractivity contribution in [3.05, 3.63) is 17.0 Å². The number of nitriles is 1. The first kappa shape index (κ1) is 12.7. The van der Waals surface area contributed by atoms with E-state index in [4.69, 9.17) is 5.26 Å². The third-order valence-corrected chi connectivity index (χ3v) is 2.90. The van der Waals surface area contributed by atoms with Crippen molar-refractivity contribution in [3.8, 4) is 6.07 Å². The average Bonchev–Trinajstić information content (AvgIpc) is 2.52. The van der Waals surface area contributed by atoms with E-state index in [9.17, 15) is 0 Å². The molecule has 0 amide bonds. The monoisotopic (exact) mass is 220 g/mol. The topological polar surface area (TPSA) is 53.6 Å². The Hall–Kier alpha value is -1.34. The van der Waals surface area contributed by atoms with Crippen molar-refractivity contribution < 1.29 is 0 Å². The second-order valence-corrected chi connectivity index (χ2v) is 4.11. The van der Waals surface area contributed by atoms with Crippen LogP contribution < -0.4 is 5.32 Å². The normalized spacial score (nSPS) is 12.4. The van der Waals surface area contributed by atoms with Crippen molar-refractivity contribution in [2.75, 3.05) is 6.54 Å². The Balaban J connectivity index is 2.71. The molecule has 0 fully saturated rings. The summed E-state index contributed by atoms with van der Waals surface area (Å²) < 4.78 is 1.92. The summed E-state index contributed by atoms with van der Waals surface area (Å²) in [6.07, 6.45) is 1.04. The maximum absolute atomic E-state index is 9.03. The van der Waals surface area contributed by atoms with E-state index in [1.165, 1.54) is 5.56 Å². The fourth-order valence-electron chi connectivity index (χ4n) is 1.61. The molecule has 1 unspecified atom stereocenters. The number of aryl methyl sites for hydroxylation is 1. The summed E-state index contributed by atoms with van der Waals surface area (Å²) in [5.74, 6) is 0. The van der Waals surface area contributed by atoms with Gasteiger partial charge in [0, 0.05) is 5.69 Å². The van der Waals surface area contributed by atoms with Crippen LogP contribution in [0, 0.1) is 32.1 Å². The number of rotatable bonds is 5. The summed E-state index contributed by atoms with van der Waals surface area (Å²) in [4.78, 5) is 0. The Kier molecular flexibility index (Phi) is 4.51. The molecule has 0 aliphatic rings. The lowest BCUT2D eigenvalue weighted by molar-refractivity contribution is 0.482. The van der Waals surface area contributed by atoms with Gasteiger partial charge in [0.05, 0.1) is 18.3 Å². The molecule has 1 N–H and O–H groups in total. The van der Waals surface area contributed by atoms with Gasteiger partial charge in [0.15, 0.2) is 0 Å². The molecule has 0 aliphatic carbocycles. The molecule has 1 aromatic heterocycles. The van der Waals surface area contributed by atoms with Gasteiger partial charge in [-0.15, -0.1) is 0 Å². The predicted molar refractivity (Wildman–Crippen MR) is 64.1 cm³/mol. The van der Waals surface area contributed by atoms with E-state index >= 15 is 0 Å². The van der Waals surface area contributed by atoms with Crippen LogP contribution in [0.1, 0.15) is 30.3 Å². The van der Waals surface area contributed by atoms with Crippen LogP contribution in [-0.2, 0) is 6.54 Å². The van der Waals surface area contributed by atoms with E-state index in [0.717, 1.165) is 24.4 Å². The first-order valence-electron chi connectivity index (χ1n) is 5.73. The zero-order valence-corrected chi connectivity index (χ0v) is 10.5. The van der Waals surface area contributed by atoms with Gasteiger partial charge in [0.1, 0.15) is 6.04 Å². The van der Waals surface area contributed by atoms with Crippen LogP contribution in [0.3, 0.4) is 0 Å². The van der Waals surface area contributed by atoms with Gasteiger partial charge in [0.25, 0.3) is 0 Å². The summed E-state index contributed by atoms with van der Waals surface area (Å²) in [7, 11) is 0. The highest BCUT2D eigenvalue weighted by molar-refractivity contribution is 5.22. The fraction of sp³-hybridized carbons (Fsp3) is 0.667. The Morgan fingerprint density at radius 2 is 2.12 bits per heavy atom. The van der Waals surface area contributed by atoms with Crippen molar-refractivity contribution in [1.29, 1.82) is 5.26 Å². The largest absolute Gasteiger partial charge is 0.300 e. The number of nitrogens with one attached hydrogen (secondary N) is 1. The quantitative estimate of drug-likeness (QED) is 0.821. The molecule has 16 heavy (non-hydrogen) atoms. The van der Waals surface area contributed by atoms with Gasteiger partial charge >= 0.3 is 0 Å². The van der Waals surface area contributed by atoms with Gasteiger partial charge in [-0.2, -0.15) is 10.4 Å². The first-order valence-corrected chi connectivity index (χ1v) is 5.73. The minimum absolute atomic E-state index is 0.155. The molecule has 88 valence electrons. The van der Waals surface area contributed by atoms with Gasteiger partial charge in [-0.05, 0) is 39.3 Å². The third-order valence-electron chi connectivity index (χ3n) is 2.90. The second kappa shape index (κ2) is 5.66. The highest BCUT2D eigenvalue weighted by Crippen LogP contribution is 2.11. The van der Waals surface area contributed by atoms with E-state index < -0.39 is 0 Å². The summed E-state index contributed by atoms with van der Waals surface area (Å²) in [5, 5.41) is 16.7. The Morgan fingerprint density at radius 3 is 2.56 bits per heavy atom. The molecule has 4 nitrogen and oxygen atoms in total. The Labute approximate surface area is 97.3 Å². The van der Waals surface area contributed by atoms with Crippen LogP contribution in [0.2, 0.25) is 0 Å². The van der Waals surface area contributed by atoms with Crippen LogP contribution in [0.25, 0.3) is 0 Å². The zero-order chi connectivity index (χ0) is 12.1. The van der Waals surface area contributed by atoms with E-state index in [1.807, 2.05) is 18.5 Å². The molecule has 0 bridgehead atoms. The molecule has 1 rings (SSSR count). The predicted octanol–water partition coefficient (Wildman–Crippen LogP) is 1.70. The molecule has 0 saturated carbocycles. The summed E-state index contributed by atoms with van der Waals surface area (Å²) in [5.41, 5.74) is 3.41. The molecule has 1 heterocycles. The van der Waals surface area contributed by atoms with Gasteiger partial charge in [-0.25, -0.2) is 0 Å². The molecule has 0 spiro atoms. The number of nitrogens with zero attached hydrogens (tertiary/aromatic N) is 3. The van der Waals surface area contributed by atoms with Crippen molar-refractivity contribution >= 4 is 0 Å². The Bertz CT molecular complexity index is 386. The average molecular weight is 220 g/mol. The van der Waals surface area contributed by atoms with E-state index in [0.29, 0.717) is 6.54 Å². The third kappa shape index (κ3) is 2.83. The summed E-state index contributed by atoms with van der Waals surface area (Å²) in [6, 6.07) is 2.11. The molecule has 1 atom stereocenters. The highest BCUT2D eigenvalue weighted by Gasteiger charge is 2.12. The van der Waals surface area contributed by atoms with Crippen LogP contribution in [0.5, 0.6) is 0 Å².